The molecule has 2 aromatic rings. The number of aromatic nitrogens is 2. The summed E-state index contributed by atoms with van der Waals surface area (Å²) >= 11 is 0. The average molecular weight is 641 g/mol. The lowest BCUT2D eigenvalue weighted by Gasteiger charge is -2.29. The minimum Gasteiger partial charge on any atom is -0.383 e. The van der Waals surface area contributed by atoms with Crippen molar-refractivity contribution < 1.29 is 8.42 Å². The predicted octanol–water partition coefficient (Wildman–Crippen LogP) is 4.17. The fraction of sp³-hybridized carbons (Fsp3) is 0.706. The first-order chi connectivity index (χ1) is 21.9. The number of sulfone groups is 1. The average Bonchev–Trinajstić information content (AvgIpc) is 3.32. The first-order valence-electron chi connectivity index (χ1n) is 17.5. The Morgan fingerprint density at radius 3 is 2.36 bits per heavy atom. The normalized spacial score (nSPS) is 22.3. The van der Waals surface area contributed by atoms with E-state index < -0.39 is 9.84 Å². The number of nitrogen functional groups attached to an aromatic ring is 1. The zero-order valence-corrected chi connectivity index (χ0v) is 28.0. The lowest BCUT2D eigenvalue weighted by molar-refractivity contribution is 0.275. The van der Waals surface area contributed by atoms with Crippen molar-refractivity contribution >= 4 is 27.4 Å². The Morgan fingerprint density at radius 1 is 0.822 bits per heavy atom. The summed E-state index contributed by atoms with van der Waals surface area (Å²) in [7, 11) is -3.28. The molecule has 0 amide bonds. The van der Waals surface area contributed by atoms with Gasteiger partial charge in [-0.15, -0.1) is 0 Å². The van der Waals surface area contributed by atoms with Crippen molar-refractivity contribution in [3.8, 4) is 0 Å². The van der Waals surface area contributed by atoms with Crippen molar-refractivity contribution in [2.24, 2.45) is 11.8 Å². The second kappa shape index (κ2) is 17.4. The Kier molecular flexibility index (Phi) is 13.1. The summed E-state index contributed by atoms with van der Waals surface area (Å²) in [5.41, 5.74) is 6.22. The summed E-state index contributed by atoms with van der Waals surface area (Å²) < 4.78 is 25.5. The maximum absolute atomic E-state index is 12.7. The Balaban J connectivity index is 0.985. The van der Waals surface area contributed by atoms with E-state index >= 15 is 0 Å². The zero-order chi connectivity index (χ0) is 31.3. The SMILES string of the molecule is Nc1cc(N2CCCN(CCS(=O)(=O)c3ccccc3)CC2)nc(NCC2CCC(CNCCCNC3CCCCC3)CC2)n1. The van der Waals surface area contributed by atoms with Crippen LogP contribution >= 0.6 is 0 Å². The van der Waals surface area contributed by atoms with E-state index in [4.69, 9.17) is 10.7 Å². The van der Waals surface area contributed by atoms with E-state index in [9.17, 15) is 8.42 Å². The molecule has 5 N–H and O–H groups in total. The van der Waals surface area contributed by atoms with Gasteiger partial charge >= 0.3 is 0 Å². The van der Waals surface area contributed by atoms with Crippen molar-refractivity contribution in [2.75, 3.05) is 80.6 Å². The molecule has 2 saturated carbocycles. The molecule has 0 bridgehead atoms. The van der Waals surface area contributed by atoms with Crippen LogP contribution in [0.15, 0.2) is 41.3 Å². The maximum Gasteiger partial charge on any atom is 0.226 e. The molecule has 3 aliphatic rings. The summed E-state index contributed by atoms with van der Waals surface area (Å²) in [4.78, 5) is 14.2. The lowest BCUT2D eigenvalue weighted by Crippen LogP contribution is -2.34. The lowest BCUT2D eigenvalue weighted by atomic mass is 9.82. The summed E-state index contributed by atoms with van der Waals surface area (Å²) in [6.45, 7) is 8.07. The van der Waals surface area contributed by atoms with Crippen LogP contribution in [0.25, 0.3) is 0 Å². The van der Waals surface area contributed by atoms with Crippen LogP contribution in [0, 0.1) is 11.8 Å². The highest BCUT2D eigenvalue weighted by molar-refractivity contribution is 7.91. The molecule has 1 aliphatic heterocycles. The van der Waals surface area contributed by atoms with E-state index in [1.807, 2.05) is 12.1 Å². The fourth-order valence-corrected chi connectivity index (χ4v) is 8.43. The molecular formula is C34H56N8O2S. The Morgan fingerprint density at radius 2 is 1.58 bits per heavy atom. The van der Waals surface area contributed by atoms with Gasteiger partial charge in [0.05, 0.1) is 10.6 Å². The van der Waals surface area contributed by atoms with Crippen molar-refractivity contribution in [2.45, 2.75) is 81.6 Å². The van der Waals surface area contributed by atoms with E-state index in [2.05, 4.69) is 30.7 Å². The number of hydrogen-bond donors (Lipinski definition) is 4. The van der Waals surface area contributed by atoms with Gasteiger partial charge in [0, 0.05) is 44.8 Å². The monoisotopic (exact) mass is 640 g/mol. The summed E-state index contributed by atoms with van der Waals surface area (Å²) in [5, 5.41) is 11.0. The van der Waals surface area contributed by atoms with Gasteiger partial charge in [0.25, 0.3) is 0 Å². The highest BCUT2D eigenvalue weighted by Gasteiger charge is 2.23. The standard InChI is InChI=1S/C34H56N8O2S/c35-32-25-33(42-20-8-19-41(21-22-42)23-24-45(43,44)31-11-5-2-6-12-31)40-34(39-32)38-27-29-15-13-28(14-16-29)26-36-17-7-18-37-30-9-3-1-4-10-30/h2,5-6,11-12,25,28-30,36-37H,1,3-4,7-10,13-24,26-27H2,(H3,35,38,39,40). The van der Waals surface area contributed by atoms with Crippen LogP contribution in [0.2, 0.25) is 0 Å². The quantitative estimate of drug-likeness (QED) is 0.211. The van der Waals surface area contributed by atoms with Gasteiger partial charge in [-0.05, 0) is 102 Å². The molecule has 2 aliphatic carbocycles. The van der Waals surface area contributed by atoms with Gasteiger partial charge in [-0.3, -0.25) is 0 Å². The molecule has 2 heterocycles. The molecular weight excluding hydrogens is 584 g/mol. The number of nitrogens with zero attached hydrogens (tertiary/aromatic N) is 4. The van der Waals surface area contributed by atoms with Gasteiger partial charge < -0.3 is 31.5 Å². The second-order valence-corrected chi connectivity index (χ2v) is 15.5. The third kappa shape index (κ3) is 11.1. The molecule has 5 rings (SSSR count). The molecule has 0 atom stereocenters. The van der Waals surface area contributed by atoms with Crippen LogP contribution in [-0.4, -0.2) is 94.0 Å². The predicted molar refractivity (Wildman–Crippen MR) is 185 cm³/mol. The van der Waals surface area contributed by atoms with Gasteiger partial charge in [-0.25, -0.2) is 8.42 Å². The zero-order valence-electron chi connectivity index (χ0n) is 27.1. The number of hydrogen-bond acceptors (Lipinski definition) is 10. The van der Waals surface area contributed by atoms with Crippen LogP contribution in [0.5, 0.6) is 0 Å². The highest BCUT2D eigenvalue weighted by atomic mass is 32.2. The van der Waals surface area contributed by atoms with Crippen LogP contribution < -0.4 is 26.6 Å². The van der Waals surface area contributed by atoms with Gasteiger partial charge in [-0.1, -0.05) is 37.5 Å². The number of nitrogens with two attached hydrogens (primary N) is 1. The van der Waals surface area contributed by atoms with Gasteiger partial charge in [0.2, 0.25) is 5.95 Å². The van der Waals surface area contributed by atoms with Gasteiger partial charge in [0.15, 0.2) is 9.84 Å². The van der Waals surface area contributed by atoms with Crippen molar-refractivity contribution in [1.82, 2.24) is 25.5 Å². The second-order valence-electron chi connectivity index (χ2n) is 13.4. The molecule has 250 valence electrons. The Labute approximate surface area is 271 Å². The molecule has 1 aromatic heterocycles. The third-order valence-electron chi connectivity index (χ3n) is 9.94. The summed E-state index contributed by atoms with van der Waals surface area (Å²) in [6, 6.07) is 11.3. The van der Waals surface area contributed by atoms with Crippen molar-refractivity contribution in [3.63, 3.8) is 0 Å². The number of nitrogens with one attached hydrogen (secondary N) is 3. The van der Waals surface area contributed by atoms with E-state index in [0.717, 1.165) is 76.6 Å². The molecule has 11 heteroatoms. The molecule has 1 saturated heterocycles. The van der Waals surface area contributed by atoms with E-state index in [-0.39, 0.29) is 5.75 Å². The molecule has 45 heavy (non-hydrogen) atoms. The smallest absolute Gasteiger partial charge is 0.226 e. The molecule has 0 unspecified atom stereocenters. The molecule has 10 nitrogen and oxygen atoms in total. The van der Waals surface area contributed by atoms with Crippen LogP contribution in [0.3, 0.4) is 0 Å². The first-order valence-corrected chi connectivity index (χ1v) is 19.2. The molecule has 3 fully saturated rings. The van der Waals surface area contributed by atoms with Crippen LogP contribution in [-0.2, 0) is 9.84 Å². The topological polar surface area (TPSA) is 129 Å². The number of benzene rings is 1. The van der Waals surface area contributed by atoms with Crippen LogP contribution in [0.1, 0.15) is 70.6 Å². The minimum atomic E-state index is -3.28. The minimum absolute atomic E-state index is 0.127. The molecule has 0 spiro atoms. The van der Waals surface area contributed by atoms with Crippen molar-refractivity contribution in [1.29, 1.82) is 0 Å². The summed E-state index contributed by atoms with van der Waals surface area (Å²) in [5.74, 6) is 3.46. The first kappa shape index (κ1) is 33.9. The van der Waals surface area contributed by atoms with E-state index in [0.29, 0.717) is 29.1 Å². The van der Waals surface area contributed by atoms with Crippen LogP contribution in [0.4, 0.5) is 17.6 Å². The highest BCUT2D eigenvalue weighted by Crippen LogP contribution is 2.29. The fourth-order valence-electron chi connectivity index (χ4n) is 7.12. The summed E-state index contributed by atoms with van der Waals surface area (Å²) in [6.07, 6.45) is 14.1. The molecule has 0 radical (unpaired) electrons. The van der Waals surface area contributed by atoms with Gasteiger partial charge in [-0.2, -0.15) is 9.97 Å². The number of rotatable bonds is 15. The van der Waals surface area contributed by atoms with Crippen molar-refractivity contribution in [3.05, 3.63) is 36.4 Å². The van der Waals surface area contributed by atoms with E-state index in [1.165, 1.54) is 64.2 Å². The van der Waals surface area contributed by atoms with Gasteiger partial charge in [0.1, 0.15) is 11.6 Å². The Bertz CT molecular complexity index is 1250. The third-order valence-corrected chi connectivity index (χ3v) is 11.7. The molecule has 1 aromatic carbocycles. The van der Waals surface area contributed by atoms with E-state index in [1.54, 1.807) is 24.3 Å². The number of anilines is 3. The Hall–Kier alpha value is -2.47. The maximum atomic E-state index is 12.7. The largest absolute Gasteiger partial charge is 0.383 e.